The zero-order valence-corrected chi connectivity index (χ0v) is 13.3. The summed E-state index contributed by atoms with van der Waals surface area (Å²) >= 11 is 0. The van der Waals surface area contributed by atoms with Crippen molar-refractivity contribution in [3.8, 4) is 0 Å². The highest BCUT2D eigenvalue weighted by molar-refractivity contribution is 5.66. The lowest BCUT2D eigenvalue weighted by atomic mass is 10.1. The summed E-state index contributed by atoms with van der Waals surface area (Å²) in [6.07, 6.45) is 19.8. The fraction of sp³-hybridized carbons (Fsp3) is 0.722. The summed E-state index contributed by atoms with van der Waals surface area (Å²) in [5.74, 6) is -0.697. The third kappa shape index (κ3) is 10.3. The summed E-state index contributed by atoms with van der Waals surface area (Å²) in [6.45, 7) is 2.23. The van der Waals surface area contributed by atoms with Crippen molar-refractivity contribution < 1.29 is 14.6 Å². The van der Waals surface area contributed by atoms with Crippen molar-refractivity contribution in [1.82, 2.24) is 0 Å². The van der Waals surface area contributed by atoms with Crippen molar-refractivity contribution in [2.75, 3.05) is 0 Å². The van der Waals surface area contributed by atoms with Crippen LogP contribution in [0.4, 0.5) is 0 Å². The van der Waals surface area contributed by atoms with E-state index in [2.05, 4.69) is 31.2 Å². The smallest absolute Gasteiger partial charge is 0.303 e. The lowest BCUT2D eigenvalue weighted by molar-refractivity contribution is -0.137. The molecule has 0 aliphatic carbocycles. The van der Waals surface area contributed by atoms with E-state index in [1.807, 2.05) is 0 Å². The molecule has 21 heavy (non-hydrogen) atoms. The molecule has 1 saturated heterocycles. The summed E-state index contributed by atoms with van der Waals surface area (Å²) in [4.78, 5) is 10.3. The molecule has 1 heterocycles. The first-order valence-corrected chi connectivity index (χ1v) is 8.41. The number of unbranched alkanes of at least 4 members (excludes halogenated alkanes) is 4. The van der Waals surface area contributed by atoms with Crippen LogP contribution in [0.1, 0.15) is 71.1 Å². The van der Waals surface area contributed by atoms with Crippen LogP contribution in [0.3, 0.4) is 0 Å². The van der Waals surface area contributed by atoms with Gasteiger partial charge in [-0.05, 0) is 38.5 Å². The first kappa shape index (κ1) is 18.0. The maximum absolute atomic E-state index is 10.3. The van der Waals surface area contributed by atoms with E-state index in [0.717, 1.165) is 32.1 Å². The number of ether oxygens (including phenoxy) is 1. The summed E-state index contributed by atoms with van der Waals surface area (Å²) in [6, 6.07) is 0. The third-order valence-corrected chi connectivity index (χ3v) is 3.77. The van der Waals surface area contributed by atoms with Crippen molar-refractivity contribution >= 4 is 5.97 Å². The third-order valence-electron chi connectivity index (χ3n) is 3.77. The Morgan fingerprint density at radius 1 is 1.05 bits per heavy atom. The van der Waals surface area contributed by atoms with Gasteiger partial charge in [-0.1, -0.05) is 50.5 Å². The predicted octanol–water partition coefficient (Wildman–Crippen LogP) is 4.87. The van der Waals surface area contributed by atoms with E-state index in [-0.39, 0.29) is 6.42 Å². The SMILES string of the molecule is CCCCC[C@H]1O[C@H]1C/C=C\C/C=C\CCCCC(=O)O. The molecule has 0 aromatic rings. The van der Waals surface area contributed by atoms with Gasteiger partial charge in [-0.25, -0.2) is 0 Å². The summed E-state index contributed by atoms with van der Waals surface area (Å²) in [5.41, 5.74) is 0. The Labute approximate surface area is 129 Å². The average Bonchev–Trinajstić information content (AvgIpc) is 3.19. The Morgan fingerprint density at radius 3 is 2.62 bits per heavy atom. The van der Waals surface area contributed by atoms with E-state index in [9.17, 15) is 4.79 Å². The number of carboxylic acid groups (broad SMARTS) is 1. The van der Waals surface area contributed by atoms with Crippen molar-refractivity contribution in [1.29, 1.82) is 0 Å². The molecule has 0 unspecified atom stereocenters. The van der Waals surface area contributed by atoms with E-state index >= 15 is 0 Å². The zero-order chi connectivity index (χ0) is 15.3. The molecule has 3 heteroatoms. The van der Waals surface area contributed by atoms with Gasteiger partial charge < -0.3 is 9.84 Å². The van der Waals surface area contributed by atoms with Crippen LogP contribution in [0.2, 0.25) is 0 Å². The molecule has 2 atom stereocenters. The van der Waals surface area contributed by atoms with Crippen molar-refractivity contribution in [2.45, 2.75) is 83.3 Å². The normalized spacial score (nSPS) is 21.4. The lowest BCUT2D eigenvalue weighted by Gasteiger charge is -1.93. The highest BCUT2D eigenvalue weighted by Crippen LogP contribution is 2.30. The Hall–Kier alpha value is -1.09. The second-order valence-corrected chi connectivity index (χ2v) is 5.76. The second-order valence-electron chi connectivity index (χ2n) is 5.76. The first-order valence-electron chi connectivity index (χ1n) is 8.41. The van der Waals surface area contributed by atoms with E-state index in [0.29, 0.717) is 12.2 Å². The van der Waals surface area contributed by atoms with Gasteiger partial charge in [-0.15, -0.1) is 0 Å². The maximum atomic E-state index is 10.3. The van der Waals surface area contributed by atoms with E-state index < -0.39 is 5.97 Å². The zero-order valence-electron chi connectivity index (χ0n) is 13.3. The van der Waals surface area contributed by atoms with E-state index in [1.165, 1.54) is 25.7 Å². The molecular formula is C18H30O3. The van der Waals surface area contributed by atoms with Crippen molar-refractivity contribution in [3.63, 3.8) is 0 Å². The van der Waals surface area contributed by atoms with Gasteiger partial charge in [0.1, 0.15) is 0 Å². The minimum absolute atomic E-state index is 0.286. The number of hydrogen-bond acceptors (Lipinski definition) is 2. The molecular weight excluding hydrogens is 264 g/mol. The van der Waals surface area contributed by atoms with Gasteiger partial charge in [0.25, 0.3) is 0 Å². The summed E-state index contributed by atoms with van der Waals surface area (Å²) in [5, 5.41) is 8.50. The molecule has 1 rings (SSSR count). The first-order chi connectivity index (χ1) is 10.2. The number of allylic oxidation sites excluding steroid dienone is 3. The lowest BCUT2D eigenvalue weighted by Crippen LogP contribution is -1.92. The number of carboxylic acids is 1. The molecule has 1 aliphatic heterocycles. The topological polar surface area (TPSA) is 49.8 Å². The molecule has 1 N–H and O–H groups in total. The van der Waals surface area contributed by atoms with Crippen LogP contribution in [0, 0.1) is 0 Å². The quantitative estimate of drug-likeness (QED) is 0.299. The Kier molecular flexibility index (Phi) is 9.88. The molecule has 0 spiro atoms. The summed E-state index contributed by atoms with van der Waals surface area (Å²) in [7, 11) is 0. The molecule has 0 radical (unpaired) electrons. The molecule has 0 aromatic carbocycles. The molecule has 0 bridgehead atoms. The summed E-state index contributed by atoms with van der Waals surface area (Å²) < 4.78 is 5.64. The van der Waals surface area contributed by atoms with Gasteiger partial charge in [-0.2, -0.15) is 0 Å². The molecule has 120 valence electrons. The molecule has 0 aromatic heterocycles. The minimum atomic E-state index is -0.697. The van der Waals surface area contributed by atoms with Crippen LogP contribution in [0.25, 0.3) is 0 Å². The average molecular weight is 294 g/mol. The van der Waals surface area contributed by atoms with E-state index in [1.54, 1.807) is 0 Å². The fourth-order valence-electron chi connectivity index (χ4n) is 2.39. The van der Waals surface area contributed by atoms with Gasteiger partial charge in [0.05, 0.1) is 12.2 Å². The van der Waals surface area contributed by atoms with Crippen LogP contribution in [0.5, 0.6) is 0 Å². The second kappa shape index (κ2) is 11.6. The van der Waals surface area contributed by atoms with Crippen LogP contribution >= 0.6 is 0 Å². The highest BCUT2D eigenvalue weighted by Gasteiger charge is 2.36. The molecule has 0 amide bonds. The molecule has 1 aliphatic rings. The van der Waals surface area contributed by atoms with Gasteiger partial charge in [0, 0.05) is 6.42 Å². The monoisotopic (exact) mass is 294 g/mol. The number of carbonyl (C=O) groups is 1. The minimum Gasteiger partial charge on any atom is -0.481 e. The van der Waals surface area contributed by atoms with Crippen LogP contribution in [-0.4, -0.2) is 23.3 Å². The van der Waals surface area contributed by atoms with Gasteiger partial charge >= 0.3 is 5.97 Å². The van der Waals surface area contributed by atoms with Crippen LogP contribution in [0.15, 0.2) is 24.3 Å². The van der Waals surface area contributed by atoms with Crippen LogP contribution in [-0.2, 0) is 9.53 Å². The Bertz CT molecular complexity index is 333. The Balaban J connectivity index is 1.88. The van der Waals surface area contributed by atoms with E-state index in [4.69, 9.17) is 9.84 Å². The maximum Gasteiger partial charge on any atom is 0.303 e. The number of aliphatic carboxylic acids is 1. The van der Waals surface area contributed by atoms with Crippen LogP contribution < -0.4 is 0 Å². The van der Waals surface area contributed by atoms with Crippen molar-refractivity contribution in [2.24, 2.45) is 0 Å². The predicted molar refractivity (Wildman–Crippen MR) is 86.4 cm³/mol. The number of rotatable bonds is 13. The molecule has 0 saturated carbocycles. The van der Waals surface area contributed by atoms with Crippen molar-refractivity contribution in [3.05, 3.63) is 24.3 Å². The Morgan fingerprint density at radius 2 is 1.86 bits per heavy atom. The number of epoxide rings is 1. The standard InChI is InChI=1S/C18H30O3/c1-2-3-10-13-16-17(21-16)14-11-8-6-4-5-7-9-12-15-18(19)20/h4-5,8,11,16-17H,2-3,6-7,9-10,12-15H2,1H3,(H,19,20)/b5-4-,11-8-/t16-,17+/m1/s1. The number of hydrogen-bond donors (Lipinski definition) is 1. The largest absolute Gasteiger partial charge is 0.481 e. The van der Waals surface area contributed by atoms with Gasteiger partial charge in [-0.3, -0.25) is 4.79 Å². The molecule has 3 nitrogen and oxygen atoms in total. The highest BCUT2D eigenvalue weighted by atomic mass is 16.6. The van der Waals surface area contributed by atoms with Gasteiger partial charge in [0.15, 0.2) is 0 Å². The fourth-order valence-corrected chi connectivity index (χ4v) is 2.39. The molecule has 1 fully saturated rings. The van der Waals surface area contributed by atoms with Gasteiger partial charge in [0.2, 0.25) is 0 Å².